The second-order valence-electron chi connectivity index (χ2n) is 6.25. The molecule has 1 aromatic heterocycles. The highest BCUT2D eigenvalue weighted by Gasteiger charge is 2.34. The Morgan fingerprint density at radius 3 is 2.76 bits per heavy atom. The van der Waals surface area contributed by atoms with Gasteiger partial charge in [-0.3, -0.25) is 4.79 Å². The van der Waals surface area contributed by atoms with E-state index in [0.717, 1.165) is 16.3 Å². The highest BCUT2D eigenvalue weighted by atomic mass is 32.1. The van der Waals surface area contributed by atoms with Crippen LogP contribution in [0.4, 0.5) is 10.8 Å². The van der Waals surface area contributed by atoms with Gasteiger partial charge < -0.3 is 10.2 Å². The van der Waals surface area contributed by atoms with Crippen LogP contribution in [0.25, 0.3) is 10.2 Å². The quantitative estimate of drug-likeness (QED) is 0.786. The maximum atomic E-state index is 12.3. The van der Waals surface area contributed by atoms with E-state index in [1.165, 1.54) is 10.3 Å². The zero-order valence-corrected chi connectivity index (χ0v) is 14.5. The Hall–Kier alpha value is -2.91. The first kappa shape index (κ1) is 15.6. The lowest BCUT2D eigenvalue weighted by Gasteiger charge is -2.37. The first-order valence-corrected chi connectivity index (χ1v) is 8.87. The molecule has 3 aromatic rings. The van der Waals surface area contributed by atoms with Crippen LogP contribution >= 0.6 is 11.3 Å². The lowest BCUT2D eigenvalue weighted by Crippen LogP contribution is -2.52. The molecule has 1 fully saturated rings. The van der Waals surface area contributed by atoms with Crippen molar-refractivity contribution in [2.24, 2.45) is 5.92 Å². The molecule has 1 aliphatic rings. The van der Waals surface area contributed by atoms with E-state index in [4.69, 9.17) is 5.26 Å². The van der Waals surface area contributed by atoms with E-state index in [-0.39, 0.29) is 11.8 Å². The van der Waals surface area contributed by atoms with Crippen molar-refractivity contribution in [3.05, 3.63) is 53.6 Å². The molecule has 0 radical (unpaired) electrons. The predicted octanol–water partition coefficient (Wildman–Crippen LogP) is 3.55. The van der Waals surface area contributed by atoms with E-state index in [2.05, 4.69) is 40.3 Å². The first-order valence-electron chi connectivity index (χ1n) is 8.05. The third kappa shape index (κ3) is 3.06. The molecule has 124 valence electrons. The molecule has 0 atom stereocenters. The summed E-state index contributed by atoms with van der Waals surface area (Å²) in [5.74, 6) is -0.0256. The van der Waals surface area contributed by atoms with Gasteiger partial charge in [-0.25, -0.2) is 4.98 Å². The van der Waals surface area contributed by atoms with Gasteiger partial charge in [0.2, 0.25) is 5.91 Å². The minimum Gasteiger partial charge on any atom is -0.346 e. The van der Waals surface area contributed by atoms with Gasteiger partial charge in [0, 0.05) is 18.8 Å². The fourth-order valence-corrected chi connectivity index (χ4v) is 3.91. The van der Waals surface area contributed by atoms with Gasteiger partial charge in [-0.05, 0) is 48.9 Å². The van der Waals surface area contributed by atoms with Crippen LogP contribution in [0.1, 0.15) is 11.1 Å². The number of nitriles is 1. The number of nitrogens with one attached hydrogen (secondary N) is 1. The Morgan fingerprint density at radius 2 is 2.04 bits per heavy atom. The minimum absolute atomic E-state index is 0.0120. The summed E-state index contributed by atoms with van der Waals surface area (Å²) in [6.07, 6.45) is 0. The Morgan fingerprint density at radius 1 is 1.28 bits per heavy atom. The zero-order chi connectivity index (χ0) is 17.4. The topological polar surface area (TPSA) is 69.0 Å². The van der Waals surface area contributed by atoms with E-state index in [1.807, 2.05) is 6.07 Å². The fraction of sp³-hybridized carbons (Fsp3) is 0.211. The lowest BCUT2D eigenvalue weighted by molar-refractivity contribution is -0.120. The molecule has 0 spiro atoms. The van der Waals surface area contributed by atoms with E-state index in [0.29, 0.717) is 18.7 Å². The SMILES string of the molecule is Cc1ccc2nc(N3CC(C(=O)Nc4ccc(C#N)cc4)C3)sc2c1. The fourth-order valence-electron chi connectivity index (χ4n) is 2.83. The maximum absolute atomic E-state index is 12.3. The molecule has 0 saturated carbocycles. The highest BCUT2D eigenvalue weighted by Crippen LogP contribution is 2.33. The molecule has 5 nitrogen and oxygen atoms in total. The third-order valence-electron chi connectivity index (χ3n) is 4.34. The summed E-state index contributed by atoms with van der Waals surface area (Å²) in [5, 5.41) is 12.7. The number of aryl methyl sites for hydroxylation is 1. The van der Waals surface area contributed by atoms with Gasteiger partial charge in [0.05, 0.1) is 27.8 Å². The number of hydrogen-bond acceptors (Lipinski definition) is 5. The number of fused-ring (bicyclic) bond motifs is 1. The van der Waals surface area contributed by atoms with Crippen molar-refractivity contribution >= 4 is 38.3 Å². The molecular weight excluding hydrogens is 332 g/mol. The molecule has 2 heterocycles. The second-order valence-corrected chi connectivity index (χ2v) is 7.26. The number of thiazole rings is 1. The highest BCUT2D eigenvalue weighted by molar-refractivity contribution is 7.22. The Labute approximate surface area is 149 Å². The van der Waals surface area contributed by atoms with E-state index >= 15 is 0 Å². The van der Waals surface area contributed by atoms with Gasteiger partial charge >= 0.3 is 0 Å². The number of carbonyl (C=O) groups excluding carboxylic acids is 1. The minimum atomic E-state index is -0.0376. The first-order chi connectivity index (χ1) is 12.1. The third-order valence-corrected chi connectivity index (χ3v) is 5.42. The Kier molecular flexibility index (Phi) is 3.86. The molecule has 1 amide bonds. The number of anilines is 2. The number of nitrogens with zero attached hydrogens (tertiary/aromatic N) is 3. The molecule has 0 unspecified atom stereocenters. The van der Waals surface area contributed by atoms with Crippen molar-refractivity contribution < 1.29 is 4.79 Å². The van der Waals surface area contributed by atoms with Crippen LogP contribution in [0.5, 0.6) is 0 Å². The largest absolute Gasteiger partial charge is 0.346 e. The average molecular weight is 348 g/mol. The lowest BCUT2D eigenvalue weighted by atomic mass is 10.00. The summed E-state index contributed by atoms with van der Waals surface area (Å²) >= 11 is 1.67. The van der Waals surface area contributed by atoms with Gasteiger partial charge in [-0.1, -0.05) is 17.4 Å². The van der Waals surface area contributed by atoms with Gasteiger partial charge in [0.1, 0.15) is 0 Å². The molecule has 4 rings (SSSR count). The van der Waals surface area contributed by atoms with Crippen LogP contribution in [0.2, 0.25) is 0 Å². The number of aromatic nitrogens is 1. The summed E-state index contributed by atoms with van der Waals surface area (Å²) in [4.78, 5) is 19.1. The summed E-state index contributed by atoms with van der Waals surface area (Å²) in [6, 6.07) is 15.2. The average Bonchev–Trinajstić information content (AvgIpc) is 2.96. The summed E-state index contributed by atoms with van der Waals surface area (Å²) in [7, 11) is 0. The van der Waals surface area contributed by atoms with Crippen LogP contribution < -0.4 is 10.2 Å². The Bertz CT molecular complexity index is 981. The van der Waals surface area contributed by atoms with Crippen LogP contribution in [-0.2, 0) is 4.79 Å². The predicted molar refractivity (Wildman–Crippen MR) is 99.8 cm³/mol. The summed E-state index contributed by atoms with van der Waals surface area (Å²) in [5.41, 5.74) is 3.54. The number of amides is 1. The van der Waals surface area contributed by atoms with Gasteiger partial charge in [-0.2, -0.15) is 5.26 Å². The second kappa shape index (κ2) is 6.19. The molecular formula is C19H16N4OS. The van der Waals surface area contributed by atoms with E-state index < -0.39 is 0 Å². The van der Waals surface area contributed by atoms with Crippen LogP contribution in [0, 0.1) is 24.2 Å². The molecule has 25 heavy (non-hydrogen) atoms. The van der Waals surface area contributed by atoms with E-state index in [1.54, 1.807) is 35.6 Å². The van der Waals surface area contributed by atoms with Crippen molar-refractivity contribution in [2.75, 3.05) is 23.3 Å². The van der Waals surface area contributed by atoms with Crippen molar-refractivity contribution in [3.8, 4) is 6.07 Å². The monoisotopic (exact) mass is 348 g/mol. The van der Waals surface area contributed by atoms with Gasteiger partial charge in [0.15, 0.2) is 5.13 Å². The van der Waals surface area contributed by atoms with Crippen molar-refractivity contribution in [1.29, 1.82) is 5.26 Å². The number of hydrogen-bond donors (Lipinski definition) is 1. The molecule has 0 bridgehead atoms. The van der Waals surface area contributed by atoms with Crippen molar-refractivity contribution in [3.63, 3.8) is 0 Å². The maximum Gasteiger partial charge on any atom is 0.231 e. The molecule has 1 aliphatic heterocycles. The molecule has 1 N–H and O–H groups in total. The van der Waals surface area contributed by atoms with Crippen molar-refractivity contribution in [1.82, 2.24) is 4.98 Å². The van der Waals surface area contributed by atoms with Crippen LogP contribution in [0.15, 0.2) is 42.5 Å². The van der Waals surface area contributed by atoms with Gasteiger partial charge in [-0.15, -0.1) is 0 Å². The van der Waals surface area contributed by atoms with Crippen molar-refractivity contribution in [2.45, 2.75) is 6.92 Å². The number of rotatable bonds is 3. The smallest absolute Gasteiger partial charge is 0.231 e. The number of carbonyl (C=O) groups is 1. The number of benzene rings is 2. The standard InChI is InChI=1S/C19H16N4OS/c1-12-2-7-16-17(8-12)25-19(22-16)23-10-14(11-23)18(24)21-15-5-3-13(9-20)4-6-15/h2-8,14H,10-11H2,1H3,(H,21,24). The Balaban J connectivity index is 1.38. The normalized spacial score (nSPS) is 14.2. The van der Waals surface area contributed by atoms with E-state index in [9.17, 15) is 4.79 Å². The zero-order valence-electron chi connectivity index (χ0n) is 13.7. The molecule has 1 saturated heterocycles. The van der Waals surface area contributed by atoms with Crippen LogP contribution in [-0.4, -0.2) is 24.0 Å². The summed E-state index contributed by atoms with van der Waals surface area (Å²) in [6.45, 7) is 3.44. The summed E-state index contributed by atoms with van der Waals surface area (Å²) < 4.78 is 1.18. The molecule has 6 heteroatoms. The van der Waals surface area contributed by atoms with Gasteiger partial charge in [0.25, 0.3) is 0 Å². The van der Waals surface area contributed by atoms with Crippen LogP contribution in [0.3, 0.4) is 0 Å². The molecule has 2 aromatic carbocycles. The molecule has 0 aliphatic carbocycles.